The van der Waals surface area contributed by atoms with Crippen LogP contribution in [-0.2, 0) is 6.42 Å². The fourth-order valence-electron chi connectivity index (χ4n) is 2.89. The summed E-state index contributed by atoms with van der Waals surface area (Å²) in [7, 11) is -4.94. The summed E-state index contributed by atoms with van der Waals surface area (Å²) in [5.74, 6) is 2.62. The quantitative estimate of drug-likeness (QED) is 0.358. The number of fused-ring (bicyclic) bond motifs is 3. The Morgan fingerprint density at radius 2 is 1.54 bits per heavy atom. The normalized spacial score (nSPS) is 11.5. The molecule has 0 spiro atoms. The van der Waals surface area contributed by atoms with Crippen molar-refractivity contribution >= 4 is 43.1 Å². The monoisotopic (exact) mass is 438 g/mol. The molecule has 0 atom stereocenters. The van der Waals surface area contributed by atoms with Gasteiger partial charge in [0.05, 0.1) is 18.1 Å². The maximum Gasteiger partial charge on any atom is 0.360 e. The van der Waals surface area contributed by atoms with Crippen LogP contribution in [-0.4, -0.2) is 5.88 Å². The third-order valence-electron chi connectivity index (χ3n) is 3.99. The Morgan fingerprint density at radius 1 is 0.893 bits per heavy atom. The summed E-state index contributed by atoms with van der Waals surface area (Å²) in [4.78, 5) is 0. The minimum atomic E-state index is -4.94. The van der Waals surface area contributed by atoms with E-state index < -0.39 is 10.2 Å². The first kappa shape index (κ1) is 21.0. The van der Waals surface area contributed by atoms with Gasteiger partial charge in [0.15, 0.2) is 0 Å². The van der Waals surface area contributed by atoms with E-state index >= 15 is 0 Å². The molecule has 8 heteroatoms. The van der Waals surface area contributed by atoms with Crippen LogP contribution in [0, 0.1) is 10.2 Å². The van der Waals surface area contributed by atoms with Crippen LogP contribution in [0.2, 0.25) is 0 Å². The molecule has 0 saturated heterocycles. The molecule has 5 nitrogen and oxygen atoms in total. The van der Waals surface area contributed by atoms with Gasteiger partial charge in [-0.2, -0.15) is 0 Å². The van der Waals surface area contributed by atoms with E-state index in [4.69, 9.17) is 34.7 Å². The summed E-state index contributed by atoms with van der Waals surface area (Å²) in [6, 6.07) is 21.0. The van der Waals surface area contributed by atoms with Crippen molar-refractivity contribution in [3.63, 3.8) is 0 Å². The SMILES string of the molecule is ClCCCc1[o+]c(-c2ccccc2)cc2c1sc1ccccc12.[O-][Cl+3]([O-])([O-])[O-]. The maximum atomic E-state index is 8.49. The highest BCUT2D eigenvalue weighted by Gasteiger charge is 2.23. The molecule has 0 unspecified atom stereocenters. The van der Waals surface area contributed by atoms with Crippen LogP contribution in [0.25, 0.3) is 31.5 Å². The molecule has 2 aromatic carbocycles. The molecule has 0 bridgehead atoms. The van der Waals surface area contributed by atoms with Crippen LogP contribution in [0.5, 0.6) is 0 Å². The van der Waals surface area contributed by atoms with E-state index in [9.17, 15) is 0 Å². The van der Waals surface area contributed by atoms with Gasteiger partial charge in [-0.05, 0) is 24.6 Å². The van der Waals surface area contributed by atoms with Crippen LogP contribution < -0.4 is 18.6 Å². The topological polar surface area (TPSA) is 104 Å². The number of hydrogen-bond donors (Lipinski definition) is 0. The highest BCUT2D eigenvalue weighted by molar-refractivity contribution is 7.26. The Hall–Kier alpha value is -1.77. The predicted octanol–water partition coefficient (Wildman–Crippen LogP) is 2.01. The third-order valence-corrected chi connectivity index (χ3v) is 5.49. The maximum absolute atomic E-state index is 8.49. The van der Waals surface area contributed by atoms with Crippen molar-refractivity contribution in [3.05, 3.63) is 66.4 Å². The van der Waals surface area contributed by atoms with Gasteiger partial charge in [-0.25, -0.2) is 23.1 Å². The second-order valence-electron chi connectivity index (χ2n) is 5.91. The van der Waals surface area contributed by atoms with Crippen molar-refractivity contribution in [1.82, 2.24) is 0 Å². The van der Waals surface area contributed by atoms with Crippen molar-refractivity contribution in [1.29, 1.82) is 0 Å². The molecule has 0 aliphatic heterocycles. The van der Waals surface area contributed by atoms with Gasteiger partial charge in [-0.3, -0.25) is 0 Å². The van der Waals surface area contributed by atoms with Gasteiger partial charge in [0.25, 0.3) is 0 Å². The molecule has 0 N–H and O–H groups in total. The predicted molar refractivity (Wildman–Crippen MR) is 100 cm³/mol. The molecule has 28 heavy (non-hydrogen) atoms. The van der Waals surface area contributed by atoms with Crippen molar-refractivity contribution in [2.75, 3.05) is 5.88 Å². The lowest BCUT2D eigenvalue weighted by Crippen LogP contribution is -2.68. The summed E-state index contributed by atoms with van der Waals surface area (Å²) in [6.07, 6.45) is 1.79. The van der Waals surface area contributed by atoms with Gasteiger partial charge in [0.1, 0.15) is 4.70 Å². The van der Waals surface area contributed by atoms with Gasteiger partial charge < -0.3 is 0 Å². The van der Waals surface area contributed by atoms with Crippen LogP contribution in [0.4, 0.5) is 0 Å². The Kier molecular flexibility index (Phi) is 6.85. The Morgan fingerprint density at radius 3 is 2.21 bits per heavy atom. The van der Waals surface area contributed by atoms with Gasteiger partial charge in [0.2, 0.25) is 0 Å². The molecule has 0 fully saturated rings. The van der Waals surface area contributed by atoms with E-state index in [1.54, 1.807) is 11.3 Å². The number of benzene rings is 2. The molecule has 0 amide bonds. The molecular weight excluding hydrogens is 423 g/mol. The van der Waals surface area contributed by atoms with Crippen LogP contribution in [0.15, 0.2) is 65.1 Å². The van der Waals surface area contributed by atoms with E-state index in [2.05, 4.69) is 42.5 Å². The third kappa shape index (κ3) is 5.40. The summed E-state index contributed by atoms with van der Waals surface area (Å²) in [5.41, 5.74) is 1.11. The van der Waals surface area contributed by atoms with Crippen molar-refractivity contribution in [3.8, 4) is 11.3 Å². The molecule has 2 aromatic heterocycles. The summed E-state index contributed by atoms with van der Waals surface area (Å²) in [5, 5.41) is 2.58. The first-order valence-electron chi connectivity index (χ1n) is 8.37. The van der Waals surface area contributed by atoms with E-state index in [-0.39, 0.29) is 0 Å². The second-order valence-corrected chi connectivity index (χ2v) is 8.10. The van der Waals surface area contributed by atoms with E-state index in [1.165, 1.54) is 20.2 Å². The molecular formula is C20H16Cl2O5S. The van der Waals surface area contributed by atoms with Gasteiger partial charge in [-0.1, -0.05) is 36.4 Å². The van der Waals surface area contributed by atoms with Gasteiger partial charge >= 0.3 is 11.5 Å². The largest absolute Gasteiger partial charge is 0.360 e. The Bertz CT molecular complexity index is 1050. The zero-order valence-electron chi connectivity index (χ0n) is 14.6. The first-order valence-corrected chi connectivity index (χ1v) is 11.0. The fourth-order valence-corrected chi connectivity index (χ4v) is 4.22. The fraction of sp³-hybridized carbons (Fsp3) is 0.150. The Balaban J connectivity index is 0.000000403. The molecule has 4 rings (SSSR count). The second kappa shape index (κ2) is 9.15. The van der Waals surface area contributed by atoms with E-state index in [1.807, 2.05) is 18.2 Å². The molecule has 2 heterocycles. The van der Waals surface area contributed by atoms with E-state index in [0.29, 0.717) is 5.88 Å². The minimum Gasteiger partial charge on any atom is -0.222 e. The average molecular weight is 439 g/mol. The van der Waals surface area contributed by atoms with Crippen molar-refractivity contribution < 1.29 is 33.3 Å². The molecule has 0 aliphatic rings. The summed E-state index contributed by atoms with van der Waals surface area (Å²) >= 11 is 7.71. The number of aryl methyl sites for hydroxylation is 1. The van der Waals surface area contributed by atoms with Gasteiger partial charge in [0, 0.05) is 21.4 Å². The number of thiophene rings is 1. The number of halogens is 2. The lowest BCUT2D eigenvalue weighted by atomic mass is 10.1. The summed E-state index contributed by atoms with van der Waals surface area (Å²) < 4.78 is 42.8. The van der Waals surface area contributed by atoms with E-state index in [0.717, 1.165) is 29.9 Å². The molecule has 0 aliphatic carbocycles. The first-order chi connectivity index (χ1) is 13.4. The smallest absolute Gasteiger partial charge is 0.222 e. The number of alkyl halides is 1. The van der Waals surface area contributed by atoms with Gasteiger partial charge in [-0.15, -0.1) is 33.2 Å². The zero-order chi connectivity index (χ0) is 20.1. The van der Waals surface area contributed by atoms with Crippen molar-refractivity contribution in [2.45, 2.75) is 12.8 Å². The molecule has 4 aromatic rings. The minimum absolute atomic E-state index is 0.650. The molecule has 0 saturated carbocycles. The number of hydrogen-bond acceptors (Lipinski definition) is 5. The van der Waals surface area contributed by atoms with Crippen LogP contribution in [0.1, 0.15) is 12.2 Å². The average Bonchev–Trinajstić information content (AvgIpc) is 3.04. The standard InChI is InChI=1S/C20H16ClOS.ClHO4/c21-12-6-10-17-20-16(15-9-4-5-11-19(15)23-20)13-18(22-17)14-7-2-1-3-8-14;2-1(3,4)5/h1-5,7-9,11,13H,6,10,12H2;(H,2,3,4,5)/q+1;/p-1. The highest BCUT2D eigenvalue weighted by atomic mass is 35.7. The zero-order valence-corrected chi connectivity index (χ0v) is 16.9. The lowest BCUT2D eigenvalue weighted by molar-refractivity contribution is -2.00. The lowest BCUT2D eigenvalue weighted by Gasteiger charge is -2.17. The Labute approximate surface area is 172 Å². The van der Waals surface area contributed by atoms with Crippen LogP contribution >= 0.6 is 22.9 Å². The number of rotatable bonds is 4. The van der Waals surface area contributed by atoms with Crippen molar-refractivity contribution in [2.24, 2.45) is 0 Å². The van der Waals surface area contributed by atoms with Crippen LogP contribution in [0.3, 0.4) is 0 Å². The molecule has 0 radical (unpaired) electrons. The highest BCUT2D eigenvalue weighted by Crippen LogP contribution is 2.39. The summed E-state index contributed by atoms with van der Waals surface area (Å²) in [6.45, 7) is 0. The molecule has 146 valence electrons.